The lowest BCUT2D eigenvalue weighted by molar-refractivity contribution is -0.131. The van der Waals surface area contributed by atoms with Gasteiger partial charge in [0.1, 0.15) is 12.4 Å². The molecular weight excluding hydrogens is 308 g/mol. The number of carboxylic acid groups (broad SMARTS) is 1. The third kappa shape index (κ3) is 3.55. The number of carbonyl (C=O) groups is 1. The van der Waals surface area contributed by atoms with Gasteiger partial charge in [-0.05, 0) is 35.9 Å². The molecule has 0 radical (unpaired) electrons. The van der Waals surface area contributed by atoms with Gasteiger partial charge in [0.2, 0.25) is 0 Å². The maximum absolute atomic E-state index is 10.6. The Balaban J connectivity index is 1.75. The van der Waals surface area contributed by atoms with Crippen LogP contribution in [0.5, 0.6) is 11.5 Å². The highest BCUT2D eigenvalue weighted by atomic mass is 16.5. The molecular formula is C18H16N2O4. The highest BCUT2D eigenvalue weighted by molar-refractivity contribution is 5.85. The molecule has 2 N–H and O–H groups in total. The van der Waals surface area contributed by atoms with E-state index in [1.165, 1.54) is 13.2 Å². The minimum atomic E-state index is -1.00. The van der Waals surface area contributed by atoms with Gasteiger partial charge in [-0.3, -0.25) is 0 Å². The van der Waals surface area contributed by atoms with Gasteiger partial charge >= 0.3 is 5.97 Å². The van der Waals surface area contributed by atoms with Crippen LogP contribution in [0.2, 0.25) is 0 Å². The van der Waals surface area contributed by atoms with Crippen molar-refractivity contribution in [1.29, 1.82) is 0 Å². The first-order chi connectivity index (χ1) is 11.7. The Morgan fingerprint density at radius 1 is 1.25 bits per heavy atom. The number of nitrogens with one attached hydrogen (secondary N) is 1. The standard InChI is InChI=1S/C18H16N2O4/c1-23-16-10-12(7-9-18(21)22)6-8-15(16)24-11-17-19-13-4-2-3-5-14(13)20-17/h2-10H,11H2,1H3,(H,19,20)(H,21,22). The van der Waals surface area contributed by atoms with Crippen LogP contribution in [0.25, 0.3) is 17.1 Å². The molecule has 0 fully saturated rings. The average molecular weight is 324 g/mol. The fraction of sp³-hybridized carbons (Fsp3) is 0.111. The summed E-state index contributed by atoms with van der Waals surface area (Å²) in [5, 5.41) is 8.67. The minimum Gasteiger partial charge on any atom is -0.493 e. The first-order valence-corrected chi connectivity index (χ1v) is 7.31. The quantitative estimate of drug-likeness (QED) is 0.680. The van der Waals surface area contributed by atoms with Crippen LogP contribution in [0, 0.1) is 0 Å². The molecule has 6 heteroatoms. The van der Waals surface area contributed by atoms with Gasteiger partial charge in [0.05, 0.1) is 18.1 Å². The predicted molar refractivity (Wildman–Crippen MR) is 90.1 cm³/mol. The zero-order valence-electron chi connectivity index (χ0n) is 13.0. The van der Waals surface area contributed by atoms with E-state index in [2.05, 4.69) is 9.97 Å². The van der Waals surface area contributed by atoms with E-state index >= 15 is 0 Å². The number of fused-ring (bicyclic) bond motifs is 1. The number of aromatic nitrogens is 2. The number of aliphatic carboxylic acids is 1. The molecule has 3 rings (SSSR count). The van der Waals surface area contributed by atoms with E-state index in [1.807, 2.05) is 24.3 Å². The molecule has 1 aromatic heterocycles. The molecule has 0 unspecified atom stereocenters. The topological polar surface area (TPSA) is 84.4 Å². The van der Waals surface area contributed by atoms with Crippen molar-refractivity contribution in [1.82, 2.24) is 9.97 Å². The second-order valence-corrected chi connectivity index (χ2v) is 5.07. The molecule has 0 spiro atoms. The van der Waals surface area contributed by atoms with Gasteiger partial charge in [0.15, 0.2) is 11.5 Å². The van der Waals surface area contributed by atoms with Crippen molar-refractivity contribution in [3.8, 4) is 11.5 Å². The van der Waals surface area contributed by atoms with Crippen LogP contribution >= 0.6 is 0 Å². The molecule has 0 aliphatic carbocycles. The molecule has 122 valence electrons. The summed E-state index contributed by atoms with van der Waals surface area (Å²) >= 11 is 0. The molecule has 1 heterocycles. The van der Waals surface area contributed by atoms with E-state index < -0.39 is 5.97 Å². The maximum Gasteiger partial charge on any atom is 0.328 e. The van der Waals surface area contributed by atoms with Gasteiger partial charge in [0, 0.05) is 6.08 Å². The fourth-order valence-electron chi connectivity index (χ4n) is 2.29. The zero-order valence-corrected chi connectivity index (χ0v) is 13.0. The Bertz CT molecular complexity index is 866. The Kier molecular flexibility index (Phi) is 4.47. The van der Waals surface area contributed by atoms with Crippen molar-refractivity contribution in [2.45, 2.75) is 6.61 Å². The molecule has 0 bridgehead atoms. The van der Waals surface area contributed by atoms with Crippen molar-refractivity contribution in [2.75, 3.05) is 7.11 Å². The van der Waals surface area contributed by atoms with Gasteiger partial charge in [0.25, 0.3) is 0 Å². The Morgan fingerprint density at radius 2 is 2.08 bits per heavy atom. The lowest BCUT2D eigenvalue weighted by atomic mass is 10.2. The number of benzene rings is 2. The molecule has 3 aromatic rings. The molecule has 0 amide bonds. The maximum atomic E-state index is 10.6. The summed E-state index contributed by atoms with van der Waals surface area (Å²) < 4.78 is 11.1. The summed E-state index contributed by atoms with van der Waals surface area (Å²) in [5.41, 5.74) is 2.56. The van der Waals surface area contributed by atoms with E-state index in [-0.39, 0.29) is 6.61 Å². The first-order valence-electron chi connectivity index (χ1n) is 7.31. The van der Waals surface area contributed by atoms with Gasteiger partial charge in [-0.1, -0.05) is 18.2 Å². The van der Waals surface area contributed by atoms with Crippen molar-refractivity contribution >= 4 is 23.1 Å². The molecule has 0 aliphatic heterocycles. The van der Waals surface area contributed by atoms with Crippen LogP contribution in [-0.2, 0) is 11.4 Å². The molecule has 0 saturated heterocycles. The number of aromatic amines is 1. The number of H-pyrrole nitrogens is 1. The van der Waals surface area contributed by atoms with E-state index in [9.17, 15) is 4.79 Å². The largest absolute Gasteiger partial charge is 0.493 e. The number of para-hydroxylation sites is 2. The summed E-state index contributed by atoms with van der Waals surface area (Å²) in [6.07, 6.45) is 2.57. The predicted octanol–water partition coefficient (Wildman–Crippen LogP) is 3.25. The number of ether oxygens (including phenoxy) is 2. The molecule has 6 nitrogen and oxygen atoms in total. The molecule has 0 aliphatic rings. The monoisotopic (exact) mass is 324 g/mol. The molecule has 2 aromatic carbocycles. The van der Waals surface area contributed by atoms with E-state index in [1.54, 1.807) is 18.2 Å². The zero-order chi connectivity index (χ0) is 16.9. The van der Waals surface area contributed by atoms with Crippen LogP contribution in [0.1, 0.15) is 11.4 Å². The third-order valence-electron chi connectivity index (χ3n) is 3.41. The molecule has 0 atom stereocenters. The van der Waals surface area contributed by atoms with Gasteiger partial charge < -0.3 is 19.6 Å². The van der Waals surface area contributed by atoms with Gasteiger partial charge in [-0.2, -0.15) is 0 Å². The Morgan fingerprint density at radius 3 is 2.83 bits per heavy atom. The lowest BCUT2D eigenvalue weighted by Crippen LogP contribution is -1.99. The lowest BCUT2D eigenvalue weighted by Gasteiger charge is -2.10. The van der Waals surface area contributed by atoms with Crippen molar-refractivity contribution < 1.29 is 19.4 Å². The number of imidazole rings is 1. The minimum absolute atomic E-state index is 0.273. The highest BCUT2D eigenvalue weighted by Crippen LogP contribution is 2.29. The van der Waals surface area contributed by atoms with Crippen molar-refractivity contribution in [3.63, 3.8) is 0 Å². The summed E-state index contributed by atoms with van der Waals surface area (Å²) in [4.78, 5) is 18.2. The molecule has 0 saturated carbocycles. The second-order valence-electron chi connectivity index (χ2n) is 5.07. The summed E-state index contributed by atoms with van der Waals surface area (Å²) in [5.74, 6) is 0.802. The Labute approximate surface area is 138 Å². The second kappa shape index (κ2) is 6.87. The summed E-state index contributed by atoms with van der Waals surface area (Å²) in [6.45, 7) is 0.273. The first kappa shape index (κ1) is 15.6. The van der Waals surface area contributed by atoms with Crippen LogP contribution in [-0.4, -0.2) is 28.2 Å². The van der Waals surface area contributed by atoms with Gasteiger partial charge in [-0.25, -0.2) is 9.78 Å². The smallest absolute Gasteiger partial charge is 0.328 e. The number of methoxy groups -OCH3 is 1. The summed E-state index contributed by atoms with van der Waals surface area (Å²) in [6, 6.07) is 13.0. The van der Waals surface area contributed by atoms with Crippen molar-refractivity contribution in [3.05, 3.63) is 59.9 Å². The fourth-order valence-corrected chi connectivity index (χ4v) is 2.29. The summed E-state index contributed by atoms with van der Waals surface area (Å²) in [7, 11) is 1.54. The normalized spacial score (nSPS) is 11.0. The van der Waals surface area contributed by atoms with Crippen LogP contribution < -0.4 is 9.47 Å². The van der Waals surface area contributed by atoms with E-state index in [4.69, 9.17) is 14.6 Å². The number of nitrogens with zero attached hydrogens (tertiary/aromatic N) is 1. The third-order valence-corrected chi connectivity index (χ3v) is 3.41. The highest BCUT2D eigenvalue weighted by Gasteiger charge is 2.08. The van der Waals surface area contributed by atoms with Crippen LogP contribution in [0.4, 0.5) is 0 Å². The van der Waals surface area contributed by atoms with Gasteiger partial charge in [-0.15, -0.1) is 0 Å². The van der Waals surface area contributed by atoms with E-state index in [0.29, 0.717) is 22.9 Å². The number of hydrogen-bond donors (Lipinski definition) is 2. The number of hydrogen-bond acceptors (Lipinski definition) is 4. The number of carboxylic acids is 1. The molecule has 24 heavy (non-hydrogen) atoms. The SMILES string of the molecule is COc1cc(C=CC(=O)O)ccc1OCc1nc2ccccc2[nH]1. The van der Waals surface area contributed by atoms with Crippen LogP contribution in [0.15, 0.2) is 48.5 Å². The van der Waals surface area contributed by atoms with Crippen molar-refractivity contribution in [2.24, 2.45) is 0 Å². The number of rotatable bonds is 6. The average Bonchev–Trinajstić information content (AvgIpc) is 3.01. The Hall–Kier alpha value is -3.28. The van der Waals surface area contributed by atoms with Crippen LogP contribution in [0.3, 0.4) is 0 Å². The van der Waals surface area contributed by atoms with E-state index in [0.717, 1.165) is 17.1 Å².